The van der Waals surface area contributed by atoms with Gasteiger partial charge in [-0.1, -0.05) is 12.1 Å². The summed E-state index contributed by atoms with van der Waals surface area (Å²) in [4.78, 5) is 26.7. The number of esters is 1. The summed E-state index contributed by atoms with van der Waals surface area (Å²) in [5.41, 5.74) is 4.52. The van der Waals surface area contributed by atoms with E-state index in [1.54, 1.807) is 6.33 Å². The maximum absolute atomic E-state index is 12.4. The molecule has 4 rings (SSSR count). The standard InChI is InChI=1S/C21H24N4O2S/c1-4-27-21(26)16-12-28-20-18(16)19(22-13-23-20)25-10-8-24(9-11-25)17-7-5-6-14(2)15(17)3/h5-7,12-13H,4,8-11H2,1-3H3. The summed E-state index contributed by atoms with van der Waals surface area (Å²) in [6, 6.07) is 6.47. The van der Waals surface area contributed by atoms with Crippen LogP contribution >= 0.6 is 11.3 Å². The molecule has 3 aromatic rings. The third kappa shape index (κ3) is 3.30. The monoisotopic (exact) mass is 396 g/mol. The fraction of sp³-hybridized carbons (Fsp3) is 0.381. The first kappa shape index (κ1) is 18.7. The second-order valence-corrected chi connectivity index (χ2v) is 7.80. The van der Waals surface area contributed by atoms with Crippen LogP contribution in [0, 0.1) is 13.8 Å². The number of fused-ring (bicyclic) bond motifs is 1. The van der Waals surface area contributed by atoms with Crippen LogP contribution in [0.15, 0.2) is 29.9 Å². The molecule has 0 spiro atoms. The molecular formula is C21H24N4O2S. The van der Waals surface area contributed by atoms with Gasteiger partial charge in [0.25, 0.3) is 0 Å². The quantitative estimate of drug-likeness (QED) is 0.625. The van der Waals surface area contributed by atoms with Gasteiger partial charge in [-0.15, -0.1) is 11.3 Å². The van der Waals surface area contributed by atoms with Crippen LogP contribution < -0.4 is 9.80 Å². The number of anilines is 2. The summed E-state index contributed by atoms with van der Waals surface area (Å²) in [5.74, 6) is 0.522. The average Bonchev–Trinajstić information content (AvgIpc) is 3.15. The van der Waals surface area contributed by atoms with Crippen LogP contribution in [0.3, 0.4) is 0 Å². The van der Waals surface area contributed by atoms with Crippen LogP contribution in [0.4, 0.5) is 11.5 Å². The molecule has 6 nitrogen and oxygen atoms in total. The van der Waals surface area contributed by atoms with Crippen molar-refractivity contribution in [1.82, 2.24) is 9.97 Å². The van der Waals surface area contributed by atoms with Gasteiger partial charge in [0, 0.05) is 37.2 Å². The minimum atomic E-state index is -0.307. The molecule has 0 unspecified atom stereocenters. The van der Waals surface area contributed by atoms with E-state index in [4.69, 9.17) is 4.74 Å². The fourth-order valence-corrected chi connectivity index (χ4v) is 4.57. The van der Waals surface area contributed by atoms with Crippen LogP contribution in [-0.4, -0.2) is 48.7 Å². The van der Waals surface area contributed by atoms with Gasteiger partial charge in [0.2, 0.25) is 0 Å². The van der Waals surface area contributed by atoms with Gasteiger partial charge in [0.1, 0.15) is 17.0 Å². The molecule has 0 atom stereocenters. The maximum Gasteiger partial charge on any atom is 0.339 e. The first-order chi connectivity index (χ1) is 13.6. The molecule has 28 heavy (non-hydrogen) atoms. The van der Waals surface area contributed by atoms with Crippen LogP contribution in [0.5, 0.6) is 0 Å². The lowest BCUT2D eigenvalue weighted by Crippen LogP contribution is -2.47. The number of ether oxygens (including phenoxy) is 1. The first-order valence-electron chi connectivity index (χ1n) is 9.55. The maximum atomic E-state index is 12.4. The summed E-state index contributed by atoms with van der Waals surface area (Å²) in [6.45, 7) is 10.0. The highest BCUT2D eigenvalue weighted by atomic mass is 32.1. The largest absolute Gasteiger partial charge is 0.462 e. The Labute approximate surface area is 168 Å². The van der Waals surface area contributed by atoms with E-state index in [1.807, 2.05) is 12.3 Å². The van der Waals surface area contributed by atoms with Gasteiger partial charge in [-0.3, -0.25) is 0 Å². The number of benzene rings is 1. The van der Waals surface area contributed by atoms with Gasteiger partial charge in [0.15, 0.2) is 0 Å². The highest BCUT2D eigenvalue weighted by Gasteiger charge is 2.25. The Kier molecular flexibility index (Phi) is 5.17. The van der Waals surface area contributed by atoms with E-state index in [0.717, 1.165) is 42.2 Å². The number of hydrogen-bond acceptors (Lipinski definition) is 7. The number of piperazine rings is 1. The third-order valence-electron chi connectivity index (χ3n) is 5.34. The Hall–Kier alpha value is -2.67. The van der Waals surface area contributed by atoms with E-state index in [-0.39, 0.29) is 5.97 Å². The minimum Gasteiger partial charge on any atom is -0.462 e. The third-order valence-corrected chi connectivity index (χ3v) is 6.23. The summed E-state index contributed by atoms with van der Waals surface area (Å²) in [6.07, 6.45) is 1.58. The topological polar surface area (TPSA) is 58.6 Å². The van der Waals surface area contributed by atoms with Crippen LogP contribution in [0.25, 0.3) is 10.2 Å². The van der Waals surface area contributed by atoms with Crippen molar-refractivity contribution in [3.63, 3.8) is 0 Å². The summed E-state index contributed by atoms with van der Waals surface area (Å²) >= 11 is 1.46. The van der Waals surface area contributed by atoms with E-state index in [1.165, 1.54) is 28.2 Å². The number of hydrogen-bond donors (Lipinski definition) is 0. The van der Waals surface area contributed by atoms with Crippen molar-refractivity contribution in [3.05, 3.63) is 46.6 Å². The van der Waals surface area contributed by atoms with Crippen LogP contribution in [0.2, 0.25) is 0 Å². The van der Waals surface area contributed by atoms with Crippen molar-refractivity contribution in [1.29, 1.82) is 0 Å². The molecule has 1 aromatic carbocycles. The molecule has 0 aliphatic carbocycles. The fourth-order valence-electron chi connectivity index (χ4n) is 3.70. The zero-order valence-corrected chi connectivity index (χ0v) is 17.3. The molecule has 1 saturated heterocycles. The van der Waals surface area contributed by atoms with Crippen LogP contribution in [0.1, 0.15) is 28.4 Å². The molecule has 3 heterocycles. The Morgan fingerprint density at radius 3 is 2.64 bits per heavy atom. The number of aromatic nitrogens is 2. The molecule has 0 saturated carbocycles. The number of carbonyl (C=O) groups excluding carboxylic acids is 1. The highest BCUT2D eigenvalue weighted by Crippen LogP contribution is 2.33. The lowest BCUT2D eigenvalue weighted by molar-refractivity contribution is 0.0529. The van der Waals surface area contributed by atoms with Gasteiger partial charge in [-0.2, -0.15) is 0 Å². The Balaban J connectivity index is 1.60. The number of rotatable bonds is 4. The van der Waals surface area contributed by atoms with E-state index in [2.05, 4.69) is 51.8 Å². The molecule has 0 radical (unpaired) electrons. The van der Waals surface area contributed by atoms with E-state index in [0.29, 0.717) is 12.2 Å². The van der Waals surface area contributed by atoms with Crippen molar-refractivity contribution < 1.29 is 9.53 Å². The highest BCUT2D eigenvalue weighted by molar-refractivity contribution is 7.17. The number of nitrogens with zero attached hydrogens (tertiary/aromatic N) is 4. The van der Waals surface area contributed by atoms with E-state index < -0.39 is 0 Å². The zero-order chi connectivity index (χ0) is 19.7. The summed E-state index contributed by atoms with van der Waals surface area (Å²) in [7, 11) is 0. The van der Waals surface area contributed by atoms with Crippen molar-refractivity contribution in [3.8, 4) is 0 Å². The van der Waals surface area contributed by atoms with Gasteiger partial charge in [0.05, 0.1) is 17.6 Å². The molecule has 0 bridgehead atoms. The van der Waals surface area contributed by atoms with Crippen molar-refractivity contribution in [2.75, 3.05) is 42.6 Å². The van der Waals surface area contributed by atoms with Gasteiger partial charge in [-0.25, -0.2) is 14.8 Å². The summed E-state index contributed by atoms with van der Waals surface area (Å²) in [5, 5.41) is 2.64. The smallest absolute Gasteiger partial charge is 0.339 e. The molecule has 146 valence electrons. The predicted octanol–water partition coefficient (Wildman–Crippen LogP) is 3.81. The van der Waals surface area contributed by atoms with Gasteiger partial charge in [-0.05, 0) is 38.0 Å². The molecule has 0 N–H and O–H groups in total. The first-order valence-corrected chi connectivity index (χ1v) is 10.4. The van der Waals surface area contributed by atoms with E-state index >= 15 is 0 Å². The van der Waals surface area contributed by atoms with Crippen molar-refractivity contribution >= 4 is 39.0 Å². The molecule has 1 aliphatic rings. The second kappa shape index (κ2) is 7.75. The molecular weight excluding hydrogens is 372 g/mol. The molecule has 1 fully saturated rings. The number of aryl methyl sites for hydroxylation is 1. The number of carbonyl (C=O) groups is 1. The predicted molar refractivity (Wildman–Crippen MR) is 114 cm³/mol. The second-order valence-electron chi connectivity index (χ2n) is 6.94. The van der Waals surface area contributed by atoms with Crippen molar-refractivity contribution in [2.45, 2.75) is 20.8 Å². The van der Waals surface area contributed by atoms with Crippen LogP contribution in [-0.2, 0) is 4.74 Å². The molecule has 2 aromatic heterocycles. The molecule has 0 amide bonds. The Morgan fingerprint density at radius 2 is 1.89 bits per heavy atom. The summed E-state index contributed by atoms with van der Waals surface area (Å²) < 4.78 is 5.22. The zero-order valence-electron chi connectivity index (χ0n) is 16.4. The molecule has 7 heteroatoms. The molecule has 1 aliphatic heterocycles. The minimum absolute atomic E-state index is 0.307. The normalized spacial score (nSPS) is 14.5. The Bertz CT molecular complexity index is 1010. The van der Waals surface area contributed by atoms with Gasteiger partial charge >= 0.3 is 5.97 Å². The lowest BCUT2D eigenvalue weighted by atomic mass is 10.1. The SMILES string of the molecule is CCOC(=O)c1csc2ncnc(N3CCN(c4cccc(C)c4C)CC3)c12. The van der Waals surface area contributed by atoms with Crippen molar-refractivity contribution in [2.24, 2.45) is 0 Å². The van der Waals surface area contributed by atoms with Gasteiger partial charge < -0.3 is 14.5 Å². The number of thiophene rings is 1. The van der Waals surface area contributed by atoms with E-state index in [9.17, 15) is 4.79 Å². The average molecular weight is 397 g/mol. The lowest BCUT2D eigenvalue weighted by Gasteiger charge is -2.37. The Morgan fingerprint density at radius 1 is 1.14 bits per heavy atom.